The van der Waals surface area contributed by atoms with Gasteiger partial charge < -0.3 is 5.11 Å². The van der Waals surface area contributed by atoms with E-state index in [4.69, 9.17) is 5.11 Å². The SMILES string of the molecule is CCc1nc(C)c(C(=O)O)c(SCCCF)n1. The summed E-state index contributed by atoms with van der Waals surface area (Å²) in [5.41, 5.74) is 0.596. The highest BCUT2D eigenvalue weighted by Gasteiger charge is 2.17. The van der Waals surface area contributed by atoms with E-state index in [1.807, 2.05) is 6.92 Å². The van der Waals surface area contributed by atoms with Crippen LogP contribution in [-0.4, -0.2) is 33.5 Å². The summed E-state index contributed by atoms with van der Waals surface area (Å²) in [7, 11) is 0. The van der Waals surface area contributed by atoms with Crippen LogP contribution in [0.25, 0.3) is 0 Å². The summed E-state index contributed by atoms with van der Waals surface area (Å²) >= 11 is 1.27. The van der Waals surface area contributed by atoms with Crippen LogP contribution < -0.4 is 0 Å². The van der Waals surface area contributed by atoms with Crippen molar-refractivity contribution < 1.29 is 14.3 Å². The smallest absolute Gasteiger partial charge is 0.340 e. The van der Waals surface area contributed by atoms with Gasteiger partial charge in [-0.3, -0.25) is 4.39 Å². The van der Waals surface area contributed by atoms with Gasteiger partial charge in [0.15, 0.2) is 0 Å². The highest BCUT2D eigenvalue weighted by molar-refractivity contribution is 7.99. The van der Waals surface area contributed by atoms with E-state index in [2.05, 4.69) is 9.97 Å². The number of halogens is 1. The van der Waals surface area contributed by atoms with Crippen molar-refractivity contribution in [3.05, 3.63) is 17.1 Å². The van der Waals surface area contributed by atoms with Gasteiger partial charge in [-0.15, -0.1) is 11.8 Å². The van der Waals surface area contributed by atoms with Gasteiger partial charge in [-0.2, -0.15) is 0 Å². The van der Waals surface area contributed by atoms with Gasteiger partial charge in [-0.1, -0.05) is 6.92 Å². The molecule has 0 bridgehead atoms. The Morgan fingerprint density at radius 2 is 2.18 bits per heavy atom. The number of hydrogen-bond donors (Lipinski definition) is 1. The molecule has 0 aliphatic rings. The first-order valence-electron chi connectivity index (χ1n) is 5.39. The number of carbonyl (C=O) groups is 1. The van der Waals surface area contributed by atoms with Crippen LogP contribution in [0.15, 0.2) is 5.03 Å². The molecule has 6 heteroatoms. The van der Waals surface area contributed by atoms with Crippen LogP contribution in [0.5, 0.6) is 0 Å². The maximum Gasteiger partial charge on any atom is 0.340 e. The fraction of sp³-hybridized carbons (Fsp3) is 0.545. The quantitative estimate of drug-likeness (QED) is 0.482. The zero-order chi connectivity index (χ0) is 12.8. The lowest BCUT2D eigenvalue weighted by atomic mass is 10.2. The summed E-state index contributed by atoms with van der Waals surface area (Å²) in [6.45, 7) is 3.16. The number of aryl methyl sites for hydroxylation is 2. The summed E-state index contributed by atoms with van der Waals surface area (Å²) in [5.74, 6) is 0.110. The summed E-state index contributed by atoms with van der Waals surface area (Å²) in [5, 5.41) is 9.54. The molecule has 4 nitrogen and oxygen atoms in total. The average Bonchev–Trinajstić information content (AvgIpc) is 2.28. The third-order valence-corrected chi connectivity index (χ3v) is 3.21. The standard InChI is InChI=1S/C11H15FN2O2S/c1-3-8-13-7(2)9(11(15)16)10(14-8)17-6-4-5-12/h3-6H2,1-2H3,(H,15,16). The molecule has 1 aromatic rings. The Morgan fingerprint density at radius 3 is 2.71 bits per heavy atom. The molecule has 0 saturated carbocycles. The molecule has 0 spiro atoms. The minimum absolute atomic E-state index is 0.131. The summed E-state index contributed by atoms with van der Waals surface area (Å²) in [6.07, 6.45) is 1.05. The molecule has 17 heavy (non-hydrogen) atoms. The number of carboxylic acid groups (broad SMARTS) is 1. The summed E-state index contributed by atoms with van der Waals surface area (Å²) in [4.78, 5) is 19.4. The topological polar surface area (TPSA) is 63.1 Å². The Hall–Kier alpha value is -1.17. The van der Waals surface area contributed by atoms with Crippen molar-refractivity contribution in [2.24, 2.45) is 0 Å². The number of thioether (sulfide) groups is 1. The molecule has 0 fully saturated rings. The molecule has 0 unspecified atom stereocenters. The van der Waals surface area contributed by atoms with E-state index in [9.17, 15) is 9.18 Å². The highest BCUT2D eigenvalue weighted by atomic mass is 32.2. The van der Waals surface area contributed by atoms with Crippen LogP contribution in [0.1, 0.15) is 35.2 Å². The number of aromatic nitrogens is 2. The second kappa shape index (κ2) is 6.54. The molecule has 1 heterocycles. The van der Waals surface area contributed by atoms with Gasteiger partial charge in [0.25, 0.3) is 0 Å². The Morgan fingerprint density at radius 1 is 1.47 bits per heavy atom. The fourth-order valence-electron chi connectivity index (χ4n) is 1.33. The van der Waals surface area contributed by atoms with Crippen LogP contribution in [0.3, 0.4) is 0 Å². The van der Waals surface area contributed by atoms with Gasteiger partial charge in [0.05, 0.1) is 12.4 Å². The van der Waals surface area contributed by atoms with Crippen molar-refractivity contribution in [3.8, 4) is 0 Å². The van der Waals surface area contributed by atoms with Crippen molar-refractivity contribution in [3.63, 3.8) is 0 Å². The Bertz CT molecular complexity index is 413. The molecular weight excluding hydrogens is 243 g/mol. The van der Waals surface area contributed by atoms with Gasteiger partial charge in [0.1, 0.15) is 16.4 Å². The van der Waals surface area contributed by atoms with Gasteiger partial charge >= 0.3 is 5.97 Å². The zero-order valence-electron chi connectivity index (χ0n) is 9.86. The monoisotopic (exact) mass is 258 g/mol. The minimum atomic E-state index is -1.03. The first-order valence-corrected chi connectivity index (χ1v) is 6.38. The molecule has 0 aliphatic carbocycles. The molecule has 0 radical (unpaired) electrons. The molecule has 0 atom stereocenters. The van der Waals surface area contributed by atoms with Crippen molar-refractivity contribution in [1.29, 1.82) is 0 Å². The molecule has 0 aromatic carbocycles. The first-order chi connectivity index (χ1) is 8.10. The van der Waals surface area contributed by atoms with Gasteiger partial charge in [0.2, 0.25) is 0 Å². The van der Waals surface area contributed by atoms with Gasteiger partial charge in [0, 0.05) is 12.2 Å². The van der Waals surface area contributed by atoms with E-state index >= 15 is 0 Å². The minimum Gasteiger partial charge on any atom is -0.478 e. The zero-order valence-corrected chi connectivity index (χ0v) is 10.7. The molecule has 1 aromatic heterocycles. The molecule has 94 valence electrons. The van der Waals surface area contributed by atoms with Gasteiger partial charge in [-0.25, -0.2) is 14.8 Å². The van der Waals surface area contributed by atoms with Crippen molar-refractivity contribution in [2.75, 3.05) is 12.4 Å². The number of rotatable bonds is 6. The lowest BCUT2D eigenvalue weighted by molar-refractivity contribution is 0.0690. The number of hydrogen-bond acceptors (Lipinski definition) is 4. The van der Waals surface area contributed by atoms with E-state index in [1.165, 1.54) is 11.8 Å². The molecule has 0 amide bonds. The van der Waals surface area contributed by atoms with Crippen LogP contribution in [0, 0.1) is 6.92 Å². The van der Waals surface area contributed by atoms with E-state index in [0.717, 1.165) is 0 Å². The maximum atomic E-state index is 12.0. The van der Waals surface area contributed by atoms with Crippen LogP contribution in [0.2, 0.25) is 0 Å². The molecule has 0 saturated heterocycles. The predicted molar refractivity (Wildman–Crippen MR) is 64.4 cm³/mol. The van der Waals surface area contributed by atoms with Crippen LogP contribution >= 0.6 is 11.8 Å². The Labute approximate surface area is 104 Å². The Kier molecular flexibility index (Phi) is 5.34. The summed E-state index contributed by atoms with van der Waals surface area (Å²) in [6, 6.07) is 0. The second-order valence-corrected chi connectivity index (χ2v) is 4.54. The largest absolute Gasteiger partial charge is 0.478 e. The van der Waals surface area contributed by atoms with E-state index in [0.29, 0.717) is 35.1 Å². The fourth-order valence-corrected chi connectivity index (χ4v) is 2.33. The lowest BCUT2D eigenvalue weighted by Crippen LogP contribution is -2.09. The van der Waals surface area contributed by atoms with E-state index < -0.39 is 12.6 Å². The molecule has 0 aliphatic heterocycles. The second-order valence-electron chi connectivity index (χ2n) is 3.46. The van der Waals surface area contributed by atoms with Crippen LogP contribution in [0.4, 0.5) is 4.39 Å². The third kappa shape index (κ3) is 3.66. The lowest BCUT2D eigenvalue weighted by Gasteiger charge is -2.08. The molecular formula is C11H15FN2O2S. The average molecular weight is 258 g/mol. The van der Waals surface area contributed by atoms with E-state index in [1.54, 1.807) is 6.92 Å². The number of carboxylic acids is 1. The van der Waals surface area contributed by atoms with Crippen molar-refractivity contribution in [2.45, 2.75) is 31.7 Å². The number of alkyl halides is 1. The van der Waals surface area contributed by atoms with Crippen LogP contribution in [-0.2, 0) is 6.42 Å². The van der Waals surface area contributed by atoms with Crippen molar-refractivity contribution >= 4 is 17.7 Å². The predicted octanol–water partition coefficient (Wildman–Crippen LogP) is 2.50. The number of nitrogens with zero attached hydrogens (tertiary/aromatic N) is 2. The Balaban J connectivity index is 3.04. The van der Waals surface area contributed by atoms with Gasteiger partial charge in [-0.05, 0) is 13.3 Å². The highest BCUT2D eigenvalue weighted by Crippen LogP contribution is 2.23. The summed E-state index contributed by atoms with van der Waals surface area (Å²) < 4.78 is 12.0. The normalized spacial score (nSPS) is 10.5. The molecule has 1 N–H and O–H groups in total. The van der Waals surface area contributed by atoms with Crippen molar-refractivity contribution in [1.82, 2.24) is 9.97 Å². The first kappa shape index (κ1) is 13.9. The third-order valence-electron chi connectivity index (χ3n) is 2.15. The molecule has 1 rings (SSSR count). The number of aromatic carboxylic acids is 1. The maximum absolute atomic E-state index is 12.0. The van der Waals surface area contributed by atoms with E-state index in [-0.39, 0.29) is 5.56 Å².